The molecule has 1 aliphatic rings. The van der Waals surface area contributed by atoms with Gasteiger partial charge in [-0.25, -0.2) is 0 Å². The van der Waals surface area contributed by atoms with Gasteiger partial charge in [0, 0.05) is 17.3 Å². The minimum absolute atomic E-state index is 0.0400. The molecule has 4 nitrogen and oxygen atoms in total. The van der Waals surface area contributed by atoms with Gasteiger partial charge in [-0.1, -0.05) is 39.0 Å². The van der Waals surface area contributed by atoms with Gasteiger partial charge in [0.2, 0.25) is 0 Å². The summed E-state index contributed by atoms with van der Waals surface area (Å²) in [5, 5.41) is 2.96. The molecule has 0 aliphatic carbocycles. The normalized spacial score (nSPS) is 16.5. The number of carbonyl (C=O) groups excluding carboxylic acids is 1. The molecule has 1 N–H and O–H groups in total. The Kier molecular flexibility index (Phi) is 4.58. The molecule has 2 aromatic carbocycles. The SMILES string of the molecule is CC(C)(C)c1cc(NC(=O)c2ccccc2)cc(OCC2CO2)c1. The van der Waals surface area contributed by atoms with Gasteiger partial charge in [-0.05, 0) is 35.2 Å². The van der Waals surface area contributed by atoms with Crippen LogP contribution in [-0.2, 0) is 10.2 Å². The zero-order valence-corrected chi connectivity index (χ0v) is 14.3. The van der Waals surface area contributed by atoms with Crippen molar-refractivity contribution in [2.24, 2.45) is 0 Å². The average molecular weight is 325 g/mol. The Morgan fingerprint density at radius 2 is 1.92 bits per heavy atom. The minimum Gasteiger partial charge on any atom is -0.491 e. The smallest absolute Gasteiger partial charge is 0.255 e. The number of hydrogen-bond donors (Lipinski definition) is 1. The van der Waals surface area contributed by atoms with Crippen molar-refractivity contribution in [3.05, 3.63) is 59.7 Å². The van der Waals surface area contributed by atoms with Gasteiger partial charge in [0.1, 0.15) is 18.5 Å². The number of ether oxygens (including phenoxy) is 2. The topological polar surface area (TPSA) is 50.9 Å². The minimum atomic E-state index is -0.127. The van der Waals surface area contributed by atoms with E-state index in [0.717, 1.165) is 23.6 Å². The summed E-state index contributed by atoms with van der Waals surface area (Å²) in [6.45, 7) is 7.72. The average Bonchev–Trinajstić information content (AvgIpc) is 3.37. The number of rotatable bonds is 5. The lowest BCUT2D eigenvalue weighted by atomic mass is 9.86. The van der Waals surface area contributed by atoms with Crippen LogP contribution in [0.15, 0.2) is 48.5 Å². The van der Waals surface area contributed by atoms with E-state index in [0.29, 0.717) is 12.2 Å². The second-order valence-corrected chi connectivity index (χ2v) is 7.08. The van der Waals surface area contributed by atoms with E-state index in [-0.39, 0.29) is 17.4 Å². The molecule has 3 rings (SSSR count). The van der Waals surface area contributed by atoms with Gasteiger partial charge in [-0.2, -0.15) is 0 Å². The number of amides is 1. The van der Waals surface area contributed by atoms with E-state index < -0.39 is 0 Å². The molecule has 2 aromatic rings. The molecule has 0 saturated carbocycles. The van der Waals surface area contributed by atoms with Crippen LogP contribution >= 0.6 is 0 Å². The molecule has 1 fully saturated rings. The summed E-state index contributed by atoms with van der Waals surface area (Å²) in [4.78, 5) is 12.4. The van der Waals surface area contributed by atoms with Gasteiger partial charge in [0.15, 0.2) is 0 Å². The van der Waals surface area contributed by atoms with Gasteiger partial charge in [-0.15, -0.1) is 0 Å². The second-order valence-electron chi connectivity index (χ2n) is 7.08. The molecule has 1 aliphatic heterocycles. The summed E-state index contributed by atoms with van der Waals surface area (Å²) in [6, 6.07) is 15.1. The van der Waals surface area contributed by atoms with Crippen molar-refractivity contribution in [2.75, 3.05) is 18.5 Å². The molecule has 1 unspecified atom stereocenters. The molecule has 1 heterocycles. The van der Waals surface area contributed by atoms with Crippen molar-refractivity contribution in [1.29, 1.82) is 0 Å². The largest absolute Gasteiger partial charge is 0.491 e. The van der Waals surface area contributed by atoms with Crippen LogP contribution in [0.5, 0.6) is 5.75 Å². The third-order valence-corrected chi connectivity index (χ3v) is 3.90. The summed E-state index contributed by atoms with van der Waals surface area (Å²) < 4.78 is 11.0. The van der Waals surface area contributed by atoms with Crippen LogP contribution < -0.4 is 10.1 Å². The standard InChI is InChI=1S/C20H23NO3/c1-20(2,3)15-9-16(11-17(10-15)23-12-18-13-24-18)21-19(22)14-7-5-4-6-8-14/h4-11,18H,12-13H2,1-3H3,(H,21,22). The first-order valence-electron chi connectivity index (χ1n) is 8.18. The predicted octanol–water partition coefficient (Wildman–Crippen LogP) is 4.01. The number of epoxide rings is 1. The molecule has 24 heavy (non-hydrogen) atoms. The predicted molar refractivity (Wildman–Crippen MR) is 94.8 cm³/mol. The van der Waals surface area contributed by atoms with Crippen LogP contribution in [0, 0.1) is 0 Å². The number of hydrogen-bond acceptors (Lipinski definition) is 3. The van der Waals surface area contributed by atoms with Gasteiger partial charge in [0.05, 0.1) is 6.61 Å². The fourth-order valence-electron chi connectivity index (χ4n) is 2.33. The first-order chi connectivity index (χ1) is 11.4. The van der Waals surface area contributed by atoms with Crippen molar-refractivity contribution in [3.63, 3.8) is 0 Å². The van der Waals surface area contributed by atoms with E-state index in [2.05, 4.69) is 26.1 Å². The Bertz CT molecular complexity index is 715. The van der Waals surface area contributed by atoms with Crippen LogP contribution in [0.2, 0.25) is 0 Å². The summed E-state index contributed by atoms with van der Waals surface area (Å²) in [5.41, 5.74) is 2.44. The fourth-order valence-corrected chi connectivity index (χ4v) is 2.33. The number of benzene rings is 2. The fraction of sp³-hybridized carbons (Fsp3) is 0.350. The lowest BCUT2D eigenvalue weighted by Crippen LogP contribution is -2.15. The van der Waals surface area contributed by atoms with Crippen molar-refractivity contribution < 1.29 is 14.3 Å². The van der Waals surface area contributed by atoms with Gasteiger partial charge >= 0.3 is 0 Å². The molecule has 0 radical (unpaired) electrons. The number of carbonyl (C=O) groups is 1. The van der Waals surface area contributed by atoms with Gasteiger partial charge < -0.3 is 14.8 Å². The number of nitrogens with one attached hydrogen (secondary N) is 1. The van der Waals surface area contributed by atoms with E-state index in [1.807, 2.05) is 36.4 Å². The van der Waals surface area contributed by atoms with Crippen LogP contribution in [-0.4, -0.2) is 25.2 Å². The Hall–Kier alpha value is -2.33. The molecule has 0 aromatic heterocycles. The molecule has 1 atom stereocenters. The Balaban J connectivity index is 1.82. The maximum absolute atomic E-state index is 12.4. The quantitative estimate of drug-likeness (QED) is 0.845. The Morgan fingerprint density at radius 1 is 1.21 bits per heavy atom. The third kappa shape index (κ3) is 4.36. The highest BCUT2D eigenvalue weighted by atomic mass is 16.6. The summed E-state index contributed by atoms with van der Waals surface area (Å²) in [7, 11) is 0. The lowest BCUT2D eigenvalue weighted by molar-refractivity contribution is 0.102. The molecular weight excluding hydrogens is 302 g/mol. The zero-order valence-electron chi connectivity index (χ0n) is 14.3. The molecule has 0 bridgehead atoms. The highest BCUT2D eigenvalue weighted by Crippen LogP contribution is 2.30. The van der Waals surface area contributed by atoms with E-state index in [9.17, 15) is 4.79 Å². The zero-order chi connectivity index (χ0) is 17.2. The lowest BCUT2D eigenvalue weighted by Gasteiger charge is -2.21. The first kappa shape index (κ1) is 16.5. The molecular formula is C20H23NO3. The molecule has 126 valence electrons. The van der Waals surface area contributed by atoms with E-state index in [1.165, 1.54) is 0 Å². The summed E-state index contributed by atoms with van der Waals surface area (Å²) in [5.74, 6) is 0.624. The molecule has 4 heteroatoms. The second kappa shape index (κ2) is 6.65. The molecule has 1 amide bonds. The van der Waals surface area contributed by atoms with Crippen molar-refractivity contribution in [3.8, 4) is 5.75 Å². The van der Waals surface area contributed by atoms with Crippen molar-refractivity contribution in [1.82, 2.24) is 0 Å². The maximum Gasteiger partial charge on any atom is 0.255 e. The van der Waals surface area contributed by atoms with Crippen LogP contribution in [0.3, 0.4) is 0 Å². The van der Waals surface area contributed by atoms with Crippen LogP contribution in [0.4, 0.5) is 5.69 Å². The monoisotopic (exact) mass is 325 g/mol. The first-order valence-corrected chi connectivity index (χ1v) is 8.18. The highest BCUT2D eigenvalue weighted by molar-refractivity contribution is 6.04. The van der Waals surface area contributed by atoms with Crippen molar-refractivity contribution >= 4 is 11.6 Å². The van der Waals surface area contributed by atoms with Gasteiger partial charge in [0.25, 0.3) is 5.91 Å². The number of anilines is 1. The Morgan fingerprint density at radius 3 is 2.54 bits per heavy atom. The van der Waals surface area contributed by atoms with Crippen molar-refractivity contribution in [2.45, 2.75) is 32.3 Å². The molecule has 0 spiro atoms. The maximum atomic E-state index is 12.4. The Labute approximate surface area is 142 Å². The highest BCUT2D eigenvalue weighted by Gasteiger charge is 2.24. The van der Waals surface area contributed by atoms with Crippen LogP contribution in [0.25, 0.3) is 0 Å². The summed E-state index contributed by atoms with van der Waals surface area (Å²) in [6.07, 6.45) is 0.200. The van der Waals surface area contributed by atoms with E-state index in [1.54, 1.807) is 12.1 Å². The molecule has 1 saturated heterocycles. The van der Waals surface area contributed by atoms with Crippen LogP contribution in [0.1, 0.15) is 36.7 Å². The summed E-state index contributed by atoms with van der Waals surface area (Å²) >= 11 is 0. The van der Waals surface area contributed by atoms with Gasteiger partial charge in [-0.3, -0.25) is 4.79 Å². The van der Waals surface area contributed by atoms with E-state index in [4.69, 9.17) is 9.47 Å². The van der Waals surface area contributed by atoms with E-state index >= 15 is 0 Å². The third-order valence-electron chi connectivity index (χ3n) is 3.90.